The van der Waals surface area contributed by atoms with Gasteiger partial charge in [0.2, 0.25) is 5.91 Å². The molecule has 1 aliphatic rings. The van der Waals surface area contributed by atoms with Crippen molar-refractivity contribution in [2.45, 2.75) is 31.4 Å². The monoisotopic (exact) mass is 477 g/mol. The molecule has 34 heavy (non-hydrogen) atoms. The maximum Gasteiger partial charge on any atom is 0.347 e. The van der Waals surface area contributed by atoms with Gasteiger partial charge in [-0.3, -0.25) is 14.2 Å². The average molecular weight is 477 g/mol. The molecule has 1 aliphatic heterocycles. The van der Waals surface area contributed by atoms with E-state index < -0.39 is 53.1 Å². The van der Waals surface area contributed by atoms with E-state index in [2.05, 4.69) is 15.6 Å². The van der Waals surface area contributed by atoms with Crippen molar-refractivity contribution in [2.24, 2.45) is 0 Å². The van der Waals surface area contributed by atoms with E-state index in [0.29, 0.717) is 12.1 Å². The van der Waals surface area contributed by atoms with Crippen molar-refractivity contribution in [3.8, 4) is 0 Å². The van der Waals surface area contributed by atoms with Crippen LogP contribution in [0.1, 0.15) is 29.4 Å². The summed E-state index contributed by atoms with van der Waals surface area (Å²) in [5.41, 5.74) is -1.22. The molecular formula is C22H19F4N5O3. The van der Waals surface area contributed by atoms with Crippen molar-refractivity contribution in [3.05, 3.63) is 92.9 Å². The molecule has 0 saturated carbocycles. The van der Waals surface area contributed by atoms with Crippen LogP contribution in [0.5, 0.6) is 0 Å². The first-order chi connectivity index (χ1) is 16.2. The fraction of sp³-hybridized carbons (Fsp3) is 0.273. The highest BCUT2D eigenvalue weighted by atomic mass is 19.3. The molecule has 3 heterocycles. The zero-order valence-electron chi connectivity index (χ0n) is 17.6. The van der Waals surface area contributed by atoms with Gasteiger partial charge >= 0.3 is 5.92 Å². The van der Waals surface area contributed by atoms with Gasteiger partial charge in [0, 0.05) is 36.1 Å². The zero-order valence-corrected chi connectivity index (χ0v) is 17.6. The number of nitrogens with zero attached hydrogens (tertiary/aromatic N) is 3. The van der Waals surface area contributed by atoms with Gasteiger partial charge in [0.05, 0.1) is 6.54 Å². The molecule has 178 valence electrons. The number of aryl methyl sites for hydroxylation is 1. The number of nitrogens with one attached hydrogen (secondary N) is 2. The lowest BCUT2D eigenvalue weighted by molar-refractivity contribution is -0.624. The lowest BCUT2D eigenvalue weighted by Gasteiger charge is -2.18. The van der Waals surface area contributed by atoms with E-state index in [1.807, 2.05) is 0 Å². The van der Waals surface area contributed by atoms with Crippen LogP contribution in [-0.4, -0.2) is 22.0 Å². The van der Waals surface area contributed by atoms with Gasteiger partial charge in [-0.15, -0.1) is 0 Å². The Morgan fingerprint density at radius 2 is 2.03 bits per heavy atom. The van der Waals surface area contributed by atoms with Crippen molar-refractivity contribution in [1.29, 1.82) is 0 Å². The van der Waals surface area contributed by atoms with Crippen LogP contribution in [0.3, 0.4) is 0 Å². The van der Waals surface area contributed by atoms with Gasteiger partial charge in [0.15, 0.2) is 23.6 Å². The number of aromatic nitrogens is 3. The molecule has 0 aliphatic carbocycles. The van der Waals surface area contributed by atoms with E-state index in [9.17, 15) is 32.4 Å². The summed E-state index contributed by atoms with van der Waals surface area (Å²) in [6.45, 7) is -1.37. The van der Waals surface area contributed by atoms with E-state index >= 15 is 0 Å². The highest BCUT2D eigenvalue weighted by Gasteiger charge is 2.40. The molecule has 0 radical (unpaired) electrons. The lowest BCUT2D eigenvalue weighted by atomic mass is 10.1. The largest absolute Gasteiger partial charge is 0.618 e. The van der Waals surface area contributed by atoms with Crippen molar-refractivity contribution >= 4 is 11.7 Å². The number of carbonyl (C=O) groups excluding carboxylic acids is 1. The first-order valence-electron chi connectivity index (χ1n) is 10.3. The van der Waals surface area contributed by atoms with Crippen molar-refractivity contribution < 1.29 is 27.1 Å². The fourth-order valence-electron chi connectivity index (χ4n) is 3.79. The van der Waals surface area contributed by atoms with Crippen molar-refractivity contribution in [2.75, 3.05) is 11.9 Å². The molecule has 1 unspecified atom stereocenters. The van der Waals surface area contributed by atoms with E-state index in [1.54, 1.807) is 0 Å². The minimum atomic E-state index is -3.60. The summed E-state index contributed by atoms with van der Waals surface area (Å²) in [5.74, 6) is -6.75. The zero-order chi connectivity index (χ0) is 24.5. The minimum Gasteiger partial charge on any atom is -0.618 e. The number of hydrogen-bond acceptors (Lipinski definition) is 5. The number of fused-ring (bicyclic) bond motifs is 1. The molecule has 2 N–H and O–H groups in total. The summed E-state index contributed by atoms with van der Waals surface area (Å²) in [6.07, 6.45) is 2.82. The first-order valence-corrected chi connectivity index (χ1v) is 10.3. The minimum absolute atomic E-state index is 0.0342. The summed E-state index contributed by atoms with van der Waals surface area (Å²) < 4.78 is 57.4. The molecule has 12 heteroatoms. The quantitative estimate of drug-likeness (QED) is 0.309. The predicted molar refractivity (Wildman–Crippen MR) is 112 cm³/mol. The third-order valence-corrected chi connectivity index (χ3v) is 5.52. The normalized spacial score (nSPS) is 15.1. The Morgan fingerprint density at radius 1 is 1.24 bits per heavy atom. The number of halogens is 4. The van der Waals surface area contributed by atoms with E-state index in [4.69, 9.17) is 0 Å². The van der Waals surface area contributed by atoms with Crippen molar-refractivity contribution in [1.82, 2.24) is 14.9 Å². The van der Waals surface area contributed by atoms with Crippen LogP contribution in [0.2, 0.25) is 0 Å². The molecule has 8 nitrogen and oxygen atoms in total. The SMILES string of the molecule is O=C(NCc1cccc(F)c1F)C1CCc2cnc(NCC(F)(F)c3cccc[n+]3[O-])c(=O)n21. The molecular weight excluding hydrogens is 458 g/mol. The van der Waals surface area contributed by atoms with E-state index in [0.717, 1.165) is 22.9 Å². The standard InChI is InChI=1S/C22H19F4N5O3/c23-15-5-3-4-13(18(15)24)10-28-20(32)16-8-7-14-11-27-19(21(33)31(14)16)29-12-22(25,26)17-6-1-2-9-30(17)34/h1-6,9,11,16H,7-8,10,12H2,(H,27,29)(H,28,32). The van der Waals surface area contributed by atoms with Crippen molar-refractivity contribution in [3.63, 3.8) is 0 Å². The number of amides is 1. The van der Waals surface area contributed by atoms with Crippen LogP contribution in [-0.2, 0) is 23.7 Å². The number of rotatable bonds is 7. The van der Waals surface area contributed by atoms with Crippen LogP contribution >= 0.6 is 0 Å². The molecule has 4 rings (SSSR count). The number of alkyl halides is 2. The first kappa shape index (κ1) is 23.2. The Bertz CT molecular complexity index is 1300. The Hall–Kier alpha value is -3.96. The lowest BCUT2D eigenvalue weighted by Crippen LogP contribution is -2.42. The molecule has 2 aromatic heterocycles. The predicted octanol–water partition coefficient (Wildman–Crippen LogP) is 2.16. The highest BCUT2D eigenvalue weighted by molar-refractivity contribution is 5.81. The molecule has 0 bridgehead atoms. The van der Waals surface area contributed by atoms with Crippen LogP contribution in [0.15, 0.2) is 53.6 Å². The third-order valence-electron chi connectivity index (χ3n) is 5.52. The molecule has 1 aromatic carbocycles. The second-order valence-corrected chi connectivity index (χ2v) is 7.73. The average Bonchev–Trinajstić information content (AvgIpc) is 3.25. The molecule has 1 amide bonds. The summed E-state index contributed by atoms with van der Waals surface area (Å²) in [5, 5.41) is 16.4. The van der Waals surface area contributed by atoms with Gasteiger partial charge in [-0.2, -0.15) is 13.5 Å². The van der Waals surface area contributed by atoms with Gasteiger partial charge < -0.3 is 15.8 Å². The molecule has 0 spiro atoms. The maximum absolute atomic E-state index is 14.5. The Morgan fingerprint density at radius 3 is 2.79 bits per heavy atom. The summed E-state index contributed by atoms with van der Waals surface area (Å²) in [6, 6.07) is 6.17. The molecule has 0 fully saturated rings. The second-order valence-electron chi connectivity index (χ2n) is 7.73. The molecule has 1 atom stereocenters. The van der Waals surface area contributed by atoms with Gasteiger partial charge in [0.25, 0.3) is 11.3 Å². The van der Waals surface area contributed by atoms with Gasteiger partial charge in [-0.05, 0) is 25.0 Å². The summed E-state index contributed by atoms with van der Waals surface area (Å²) in [4.78, 5) is 29.5. The Balaban J connectivity index is 1.50. The van der Waals surface area contributed by atoms with E-state index in [-0.39, 0.29) is 23.3 Å². The van der Waals surface area contributed by atoms with Crippen LogP contribution in [0.25, 0.3) is 0 Å². The van der Waals surface area contributed by atoms with Crippen LogP contribution < -0.4 is 20.9 Å². The number of pyridine rings is 1. The third kappa shape index (κ3) is 4.43. The smallest absolute Gasteiger partial charge is 0.347 e. The molecule has 3 aromatic rings. The topological polar surface area (TPSA) is 103 Å². The number of carbonyl (C=O) groups is 1. The maximum atomic E-state index is 14.5. The van der Waals surface area contributed by atoms with Gasteiger partial charge in [-0.1, -0.05) is 12.1 Å². The van der Waals surface area contributed by atoms with Gasteiger partial charge in [-0.25, -0.2) is 13.8 Å². The van der Waals surface area contributed by atoms with E-state index in [1.165, 1.54) is 30.5 Å². The number of benzene rings is 1. The van der Waals surface area contributed by atoms with Crippen LogP contribution in [0, 0.1) is 16.8 Å². The Kier molecular flexibility index (Phi) is 6.22. The number of anilines is 1. The fourth-order valence-corrected chi connectivity index (χ4v) is 3.79. The van der Waals surface area contributed by atoms with Gasteiger partial charge in [0.1, 0.15) is 6.04 Å². The summed E-state index contributed by atoms with van der Waals surface area (Å²) >= 11 is 0. The second kappa shape index (κ2) is 9.12. The highest BCUT2D eigenvalue weighted by Crippen LogP contribution is 2.27. The number of hydrogen-bond donors (Lipinski definition) is 2. The Labute approximate surface area is 190 Å². The molecule has 0 saturated heterocycles. The summed E-state index contributed by atoms with van der Waals surface area (Å²) in [7, 11) is 0. The van der Waals surface area contributed by atoms with Crippen LogP contribution in [0.4, 0.5) is 23.4 Å².